The van der Waals surface area contributed by atoms with Crippen LogP contribution in [0.5, 0.6) is 5.75 Å². The lowest BCUT2D eigenvalue weighted by Gasteiger charge is -2.35. The molecule has 1 aliphatic heterocycles. The first-order chi connectivity index (χ1) is 8.79. The predicted octanol–water partition coefficient (Wildman–Crippen LogP) is 2.66. The molecule has 0 amide bonds. The van der Waals surface area contributed by atoms with Gasteiger partial charge in [-0.25, -0.2) is 0 Å². The molecule has 0 atom stereocenters. The van der Waals surface area contributed by atoms with Gasteiger partial charge in [-0.1, -0.05) is 12.1 Å². The van der Waals surface area contributed by atoms with Crippen LogP contribution in [-0.4, -0.2) is 25.6 Å². The highest BCUT2D eigenvalue weighted by atomic mass is 32.1. The molecular formula is C14H17NO2S. The monoisotopic (exact) mass is 263 g/mol. The van der Waals surface area contributed by atoms with E-state index >= 15 is 0 Å². The SMILES string of the molecule is N#Cc1ccccc1OCC1(CS)CCOCC1. The van der Waals surface area contributed by atoms with Crippen molar-refractivity contribution in [1.29, 1.82) is 5.26 Å². The van der Waals surface area contributed by atoms with Crippen molar-refractivity contribution in [3.63, 3.8) is 0 Å². The minimum absolute atomic E-state index is 0.0733. The van der Waals surface area contributed by atoms with E-state index in [1.54, 1.807) is 6.07 Å². The van der Waals surface area contributed by atoms with Crippen LogP contribution in [0.25, 0.3) is 0 Å². The normalized spacial score (nSPS) is 18.0. The molecule has 18 heavy (non-hydrogen) atoms. The third-order valence-electron chi connectivity index (χ3n) is 3.43. The largest absolute Gasteiger partial charge is 0.492 e. The summed E-state index contributed by atoms with van der Waals surface area (Å²) >= 11 is 4.44. The van der Waals surface area contributed by atoms with Gasteiger partial charge in [0.1, 0.15) is 11.8 Å². The van der Waals surface area contributed by atoms with E-state index in [4.69, 9.17) is 14.7 Å². The maximum atomic E-state index is 9.01. The summed E-state index contributed by atoms with van der Waals surface area (Å²) in [4.78, 5) is 0. The fourth-order valence-electron chi connectivity index (χ4n) is 2.07. The van der Waals surface area contributed by atoms with E-state index in [2.05, 4.69) is 18.7 Å². The highest BCUT2D eigenvalue weighted by molar-refractivity contribution is 7.80. The molecular weight excluding hydrogens is 246 g/mol. The van der Waals surface area contributed by atoms with E-state index in [0.29, 0.717) is 17.9 Å². The Kier molecular flexibility index (Phi) is 4.51. The molecule has 1 aromatic rings. The van der Waals surface area contributed by atoms with Crippen LogP contribution in [-0.2, 0) is 4.74 Å². The number of para-hydroxylation sites is 1. The molecule has 0 unspecified atom stereocenters. The molecule has 0 radical (unpaired) electrons. The number of nitrogens with zero attached hydrogens (tertiary/aromatic N) is 1. The molecule has 4 heteroatoms. The van der Waals surface area contributed by atoms with E-state index < -0.39 is 0 Å². The summed E-state index contributed by atoms with van der Waals surface area (Å²) in [5.41, 5.74) is 0.656. The molecule has 0 bridgehead atoms. The Morgan fingerprint density at radius 3 is 2.72 bits per heavy atom. The molecule has 0 aliphatic carbocycles. The third-order valence-corrected chi connectivity index (χ3v) is 4.10. The van der Waals surface area contributed by atoms with Gasteiger partial charge in [0.15, 0.2) is 0 Å². The average Bonchev–Trinajstić information content (AvgIpc) is 2.46. The van der Waals surface area contributed by atoms with Gasteiger partial charge < -0.3 is 9.47 Å². The van der Waals surface area contributed by atoms with E-state index in [9.17, 15) is 0 Å². The summed E-state index contributed by atoms with van der Waals surface area (Å²) in [6.45, 7) is 2.13. The highest BCUT2D eigenvalue weighted by Gasteiger charge is 2.32. The topological polar surface area (TPSA) is 42.2 Å². The Balaban J connectivity index is 2.03. The first-order valence-electron chi connectivity index (χ1n) is 6.10. The van der Waals surface area contributed by atoms with E-state index in [1.165, 1.54) is 0 Å². The van der Waals surface area contributed by atoms with Crippen molar-refractivity contribution in [2.24, 2.45) is 5.41 Å². The molecule has 0 aromatic heterocycles. The van der Waals surface area contributed by atoms with Crippen molar-refractivity contribution in [3.05, 3.63) is 29.8 Å². The second kappa shape index (κ2) is 6.12. The van der Waals surface area contributed by atoms with Crippen molar-refractivity contribution in [2.75, 3.05) is 25.6 Å². The maximum absolute atomic E-state index is 9.01. The number of hydrogen-bond acceptors (Lipinski definition) is 4. The second-order valence-corrected chi connectivity index (χ2v) is 4.98. The molecule has 1 aliphatic rings. The molecule has 3 nitrogen and oxygen atoms in total. The third kappa shape index (κ3) is 2.98. The number of rotatable bonds is 4. The zero-order chi connectivity index (χ0) is 12.8. The standard InChI is InChI=1S/C14H17NO2S/c15-9-12-3-1-2-4-13(12)17-10-14(11-18)5-7-16-8-6-14/h1-4,18H,5-8,10-11H2. The molecule has 1 heterocycles. The number of hydrogen-bond donors (Lipinski definition) is 1. The average molecular weight is 263 g/mol. The molecule has 1 fully saturated rings. The number of benzene rings is 1. The van der Waals surface area contributed by atoms with E-state index in [1.807, 2.05) is 18.2 Å². The van der Waals surface area contributed by atoms with Gasteiger partial charge in [0.2, 0.25) is 0 Å². The van der Waals surface area contributed by atoms with Crippen LogP contribution in [0.3, 0.4) is 0 Å². The van der Waals surface area contributed by atoms with Crippen LogP contribution in [0.15, 0.2) is 24.3 Å². The predicted molar refractivity (Wildman–Crippen MR) is 73.0 cm³/mol. The summed E-state index contributed by atoms with van der Waals surface area (Å²) < 4.78 is 11.2. The van der Waals surface area contributed by atoms with Gasteiger partial charge in [-0.05, 0) is 30.7 Å². The Bertz CT molecular complexity index is 436. The van der Waals surface area contributed by atoms with Crippen LogP contribution < -0.4 is 4.74 Å². The molecule has 1 saturated heterocycles. The first-order valence-corrected chi connectivity index (χ1v) is 6.73. The molecule has 0 saturated carbocycles. The maximum Gasteiger partial charge on any atom is 0.137 e. The summed E-state index contributed by atoms with van der Waals surface area (Å²) in [5, 5.41) is 9.01. The van der Waals surface area contributed by atoms with Crippen molar-refractivity contribution in [3.8, 4) is 11.8 Å². The fourth-order valence-corrected chi connectivity index (χ4v) is 2.48. The van der Waals surface area contributed by atoms with Gasteiger partial charge in [0.25, 0.3) is 0 Å². The number of thiol groups is 1. The Hall–Kier alpha value is -1.18. The lowest BCUT2D eigenvalue weighted by Crippen LogP contribution is -2.37. The van der Waals surface area contributed by atoms with Crippen LogP contribution in [0.4, 0.5) is 0 Å². The minimum atomic E-state index is 0.0733. The Labute approximate surface area is 113 Å². The van der Waals surface area contributed by atoms with E-state index in [0.717, 1.165) is 31.8 Å². The van der Waals surface area contributed by atoms with Crippen molar-refractivity contribution >= 4 is 12.6 Å². The summed E-state index contributed by atoms with van der Waals surface area (Å²) in [5.74, 6) is 1.44. The van der Waals surface area contributed by atoms with E-state index in [-0.39, 0.29) is 5.41 Å². The van der Waals surface area contributed by atoms with Gasteiger partial charge in [-0.2, -0.15) is 17.9 Å². The molecule has 96 valence electrons. The molecule has 0 spiro atoms. The van der Waals surface area contributed by atoms with Crippen LogP contribution >= 0.6 is 12.6 Å². The lowest BCUT2D eigenvalue weighted by atomic mass is 9.83. The quantitative estimate of drug-likeness (QED) is 0.849. The highest BCUT2D eigenvalue weighted by Crippen LogP contribution is 2.33. The first kappa shape index (κ1) is 13.3. The number of nitriles is 1. The van der Waals surface area contributed by atoms with Crippen molar-refractivity contribution in [2.45, 2.75) is 12.8 Å². The zero-order valence-electron chi connectivity index (χ0n) is 10.3. The van der Waals surface area contributed by atoms with Crippen molar-refractivity contribution in [1.82, 2.24) is 0 Å². The zero-order valence-corrected chi connectivity index (χ0v) is 11.2. The summed E-state index contributed by atoms with van der Waals surface area (Å²) in [6.07, 6.45) is 1.93. The molecule has 1 aromatic carbocycles. The fraction of sp³-hybridized carbons (Fsp3) is 0.500. The van der Waals surface area contributed by atoms with Gasteiger partial charge in [0.05, 0.1) is 12.2 Å². The lowest BCUT2D eigenvalue weighted by molar-refractivity contribution is 0.00306. The summed E-state index contributed by atoms with van der Waals surface area (Å²) in [7, 11) is 0. The summed E-state index contributed by atoms with van der Waals surface area (Å²) in [6, 6.07) is 9.48. The molecule has 2 rings (SSSR count). The Morgan fingerprint density at radius 1 is 1.33 bits per heavy atom. The van der Waals surface area contributed by atoms with Gasteiger partial charge in [0, 0.05) is 18.6 Å². The van der Waals surface area contributed by atoms with Crippen LogP contribution in [0.2, 0.25) is 0 Å². The van der Waals surface area contributed by atoms with Crippen LogP contribution in [0.1, 0.15) is 18.4 Å². The smallest absolute Gasteiger partial charge is 0.137 e. The minimum Gasteiger partial charge on any atom is -0.492 e. The van der Waals surface area contributed by atoms with Gasteiger partial charge >= 0.3 is 0 Å². The second-order valence-electron chi connectivity index (χ2n) is 4.67. The Morgan fingerprint density at radius 2 is 2.06 bits per heavy atom. The van der Waals surface area contributed by atoms with Gasteiger partial charge in [-0.15, -0.1) is 0 Å². The van der Waals surface area contributed by atoms with Gasteiger partial charge in [-0.3, -0.25) is 0 Å². The molecule has 0 N–H and O–H groups in total. The number of ether oxygens (including phenoxy) is 2. The van der Waals surface area contributed by atoms with Crippen molar-refractivity contribution < 1.29 is 9.47 Å². The van der Waals surface area contributed by atoms with Crippen LogP contribution in [0, 0.1) is 16.7 Å².